The third-order valence-electron chi connectivity index (χ3n) is 6.90. The molecule has 1 fully saturated rings. The fourth-order valence-electron chi connectivity index (χ4n) is 4.61. The van der Waals surface area contributed by atoms with Gasteiger partial charge in [0.05, 0.1) is 16.0 Å². The van der Waals surface area contributed by atoms with Gasteiger partial charge in [0.1, 0.15) is 11.9 Å². The van der Waals surface area contributed by atoms with Crippen molar-refractivity contribution in [2.24, 2.45) is 0 Å². The van der Waals surface area contributed by atoms with Crippen molar-refractivity contribution in [2.75, 3.05) is 5.32 Å². The number of carbonyl (C=O) groups is 2. The van der Waals surface area contributed by atoms with Crippen molar-refractivity contribution in [1.82, 2.24) is 0 Å². The number of halogens is 1. The average Bonchev–Trinajstić information content (AvgIpc) is 3.45. The van der Waals surface area contributed by atoms with Crippen molar-refractivity contribution < 1.29 is 18.7 Å². The molecule has 2 heterocycles. The van der Waals surface area contributed by atoms with E-state index in [1.54, 1.807) is 18.3 Å². The Balaban J connectivity index is 1.30. The number of thiophene rings is 2. The van der Waals surface area contributed by atoms with E-state index >= 15 is 0 Å². The Morgan fingerprint density at radius 2 is 1.61 bits per heavy atom. The normalized spacial score (nSPS) is 14.8. The monoisotopic (exact) mass is 519 g/mol. The van der Waals surface area contributed by atoms with E-state index in [1.165, 1.54) is 6.07 Å². The van der Waals surface area contributed by atoms with Crippen LogP contribution in [0.2, 0.25) is 0 Å². The number of anilines is 1. The van der Waals surface area contributed by atoms with Gasteiger partial charge in [-0.2, -0.15) is 4.39 Å². The van der Waals surface area contributed by atoms with Gasteiger partial charge in [-0.1, -0.05) is 48.5 Å². The third-order valence-corrected chi connectivity index (χ3v) is 8.74. The standard InChI is InChI=1S/C29H26FNO3S2/c1-17(24-12-15-35-18(24)2)34-28(33)31-25-16-26(30)36-27(25)22-6-4-20(5-7-22)21-8-10-23(11-9-21)29(13-14-29)19(3)32/h4-12,15-17H,13-14H2,1-3H3,(H,31,33). The molecule has 4 nitrogen and oxygen atoms in total. The van der Waals surface area contributed by atoms with Crippen molar-refractivity contribution in [3.63, 3.8) is 0 Å². The zero-order valence-electron chi connectivity index (χ0n) is 20.3. The molecular weight excluding hydrogens is 493 g/mol. The Bertz CT molecular complexity index is 1420. The maximum Gasteiger partial charge on any atom is 0.412 e. The summed E-state index contributed by atoms with van der Waals surface area (Å²) in [5, 5.41) is 4.28. The van der Waals surface area contributed by atoms with Crippen LogP contribution in [0.25, 0.3) is 21.6 Å². The zero-order chi connectivity index (χ0) is 25.4. The molecule has 0 spiro atoms. The largest absolute Gasteiger partial charge is 0.441 e. The summed E-state index contributed by atoms with van der Waals surface area (Å²) in [6.07, 6.45) is 0.816. The second-order valence-corrected chi connectivity index (χ2v) is 11.3. The molecule has 0 radical (unpaired) electrons. The fraction of sp³-hybridized carbons (Fsp3) is 0.241. The first-order valence-electron chi connectivity index (χ1n) is 11.8. The number of amides is 1. The number of ketones is 1. The number of Topliss-reactive ketones (excluding diaryl/α,β-unsaturated/α-hetero) is 1. The maximum absolute atomic E-state index is 14.2. The molecule has 1 N–H and O–H groups in total. The van der Waals surface area contributed by atoms with E-state index in [1.807, 2.05) is 73.8 Å². The molecule has 5 rings (SSSR count). The highest BCUT2D eigenvalue weighted by Crippen LogP contribution is 2.49. The van der Waals surface area contributed by atoms with Gasteiger partial charge in [-0.15, -0.1) is 22.7 Å². The van der Waals surface area contributed by atoms with Crippen molar-refractivity contribution in [3.05, 3.63) is 87.2 Å². The van der Waals surface area contributed by atoms with Gasteiger partial charge >= 0.3 is 6.09 Å². The van der Waals surface area contributed by atoms with Gasteiger partial charge in [-0.3, -0.25) is 10.1 Å². The summed E-state index contributed by atoms with van der Waals surface area (Å²) in [6.45, 7) is 5.47. The Kier molecular flexibility index (Phi) is 6.53. The molecule has 36 heavy (non-hydrogen) atoms. The van der Waals surface area contributed by atoms with Gasteiger partial charge in [0.2, 0.25) is 0 Å². The van der Waals surface area contributed by atoms with Crippen LogP contribution in [-0.4, -0.2) is 11.9 Å². The molecule has 1 aliphatic rings. The molecule has 4 aromatic rings. The van der Waals surface area contributed by atoms with Gasteiger partial charge in [0.15, 0.2) is 5.13 Å². The quantitative estimate of drug-likeness (QED) is 0.266. The van der Waals surface area contributed by atoms with Crippen molar-refractivity contribution >= 4 is 40.2 Å². The molecule has 0 saturated heterocycles. The minimum absolute atomic E-state index is 0.229. The van der Waals surface area contributed by atoms with Crippen LogP contribution in [0.4, 0.5) is 14.9 Å². The van der Waals surface area contributed by atoms with Crippen molar-refractivity contribution in [1.29, 1.82) is 0 Å². The van der Waals surface area contributed by atoms with E-state index < -0.39 is 12.2 Å². The molecule has 1 saturated carbocycles. The Labute approximate surface area is 217 Å². The summed E-state index contributed by atoms with van der Waals surface area (Å²) in [4.78, 5) is 26.3. The molecule has 0 bridgehead atoms. The smallest absolute Gasteiger partial charge is 0.412 e. The van der Waals surface area contributed by atoms with Gasteiger partial charge in [0.25, 0.3) is 0 Å². The van der Waals surface area contributed by atoms with E-state index in [4.69, 9.17) is 4.74 Å². The average molecular weight is 520 g/mol. The molecule has 2 aromatic heterocycles. The molecule has 1 unspecified atom stereocenters. The number of nitrogens with one attached hydrogen (secondary N) is 1. The predicted octanol–water partition coefficient (Wildman–Crippen LogP) is 8.52. The summed E-state index contributed by atoms with van der Waals surface area (Å²) in [5.74, 6) is 0.229. The van der Waals surface area contributed by atoms with E-state index in [0.717, 1.165) is 56.9 Å². The lowest BCUT2D eigenvalue weighted by Gasteiger charge is -2.14. The highest BCUT2D eigenvalue weighted by molar-refractivity contribution is 7.14. The summed E-state index contributed by atoms with van der Waals surface area (Å²) in [5.41, 5.74) is 5.00. The number of rotatable bonds is 7. The van der Waals surface area contributed by atoms with Gasteiger partial charge < -0.3 is 4.74 Å². The van der Waals surface area contributed by atoms with Crippen LogP contribution in [0.15, 0.2) is 66.0 Å². The molecule has 0 aliphatic heterocycles. The van der Waals surface area contributed by atoms with E-state index in [0.29, 0.717) is 10.6 Å². The van der Waals surface area contributed by atoms with Crippen molar-refractivity contribution in [3.8, 4) is 21.6 Å². The lowest BCUT2D eigenvalue weighted by molar-refractivity contribution is -0.119. The lowest BCUT2D eigenvalue weighted by Crippen LogP contribution is -2.16. The predicted molar refractivity (Wildman–Crippen MR) is 144 cm³/mol. The minimum Gasteiger partial charge on any atom is -0.441 e. The van der Waals surface area contributed by atoms with Crippen LogP contribution in [0, 0.1) is 12.1 Å². The molecule has 2 aromatic carbocycles. The van der Waals surface area contributed by atoms with Crippen LogP contribution in [0.5, 0.6) is 0 Å². The van der Waals surface area contributed by atoms with Crippen LogP contribution in [-0.2, 0) is 14.9 Å². The molecule has 184 valence electrons. The number of hydrogen-bond donors (Lipinski definition) is 1. The molecule has 1 amide bonds. The van der Waals surface area contributed by atoms with Crippen LogP contribution < -0.4 is 5.32 Å². The van der Waals surface area contributed by atoms with E-state index in [9.17, 15) is 14.0 Å². The summed E-state index contributed by atoms with van der Waals surface area (Å²) < 4.78 is 19.7. The number of carbonyl (C=O) groups excluding carboxylic acids is 2. The second kappa shape index (κ2) is 9.64. The first kappa shape index (κ1) is 24.4. The topological polar surface area (TPSA) is 55.4 Å². The first-order chi connectivity index (χ1) is 17.3. The maximum atomic E-state index is 14.2. The van der Waals surface area contributed by atoms with Gasteiger partial charge in [-0.25, -0.2) is 4.79 Å². The number of benzene rings is 2. The zero-order valence-corrected chi connectivity index (χ0v) is 21.9. The molecule has 7 heteroatoms. The number of aryl methyl sites for hydroxylation is 1. The SMILES string of the molecule is CC(=O)C1(c2ccc(-c3ccc(-c4sc(F)cc4NC(=O)OC(C)c4ccsc4C)cc3)cc2)CC1. The molecular formula is C29H26FNO3S2. The summed E-state index contributed by atoms with van der Waals surface area (Å²) in [7, 11) is 0. The van der Waals surface area contributed by atoms with Crippen LogP contribution in [0.3, 0.4) is 0 Å². The first-order valence-corrected chi connectivity index (χ1v) is 13.5. The Hall–Kier alpha value is -3.29. The van der Waals surface area contributed by atoms with Crippen molar-refractivity contribution in [2.45, 2.75) is 45.1 Å². The van der Waals surface area contributed by atoms with Crippen LogP contribution in [0.1, 0.15) is 48.8 Å². The Morgan fingerprint density at radius 3 is 2.17 bits per heavy atom. The molecule has 1 atom stereocenters. The molecule has 1 aliphatic carbocycles. The number of ether oxygens (including phenoxy) is 1. The van der Waals surface area contributed by atoms with Gasteiger partial charge in [0, 0.05) is 16.5 Å². The second-order valence-electron chi connectivity index (χ2n) is 9.19. The lowest BCUT2D eigenvalue weighted by atomic mass is 9.90. The van der Waals surface area contributed by atoms with E-state index in [2.05, 4.69) is 5.32 Å². The van der Waals surface area contributed by atoms with E-state index in [-0.39, 0.29) is 16.3 Å². The number of hydrogen-bond acceptors (Lipinski definition) is 5. The summed E-state index contributed by atoms with van der Waals surface area (Å²) >= 11 is 2.58. The van der Waals surface area contributed by atoms with Crippen LogP contribution >= 0.6 is 22.7 Å². The fourth-order valence-corrected chi connectivity index (χ4v) is 6.25. The third kappa shape index (κ3) is 4.73. The highest BCUT2D eigenvalue weighted by atomic mass is 32.1. The Morgan fingerprint density at radius 1 is 1.00 bits per heavy atom. The van der Waals surface area contributed by atoms with Gasteiger partial charge in [-0.05, 0) is 67.3 Å². The minimum atomic E-state index is -0.622. The highest BCUT2D eigenvalue weighted by Gasteiger charge is 2.48. The summed E-state index contributed by atoms with van der Waals surface area (Å²) in [6, 6.07) is 19.2.